The monoisotopic (exact) mass is 257 g/mol. The van der Waals surface area contributed by atoms with Crippen molar-refractivity contribution < 1.29 is 5.21 Å². The number of rotatable bonds is 3. The molecule has 0 saturated carbocycles. The first kappa shape index (κ1) is 13.3. The number of hydrogen-bond acceptors (Lipinski definition) is 3. The van der Waals surface area contributed by atoms with Crippen molar-refractivity contribution in [1.29, 1.82) is 0 Å². The fourth-order valence-corrected chi connectivity index (χ4v) is 2.16. The van der Waals surface area contributed by atoms with Crippen LogP contribution in [0.15, 0.2) is 35.5 Å². The number of oxime groups is 1. The van der Waals surface area contributed by atoms with E-state index in [0.717, 1.165) is 22.8 Å². The molecule has 4 heteroatoms. The van der Waals surface area contributed by atoms with Crippen molar-refractivity contribution in [3.63, 3.8) is 0 Å². The zero-order valence-corrected chi connectivity index (χ0v) is 11.8. The van der Waals surface area contributed by atoms with Crippen LogP contribution in [0.2, 0.25) is 0 Å². The van der Waals surface area contributed by atoms with Crippen LogP contribution in [0.25, 0.3) is 11.4 Å². The summed E-state index contributed by atoms with van der Waals surface area (Å²) in [6, 6.07) is 10.0. The summed E-state index contributed by atoms with van der Waals surface area (Å²) >= 11 is 0. The minimum atomic E-state index is -0.0265. The van der Waals surface area contributed by atoms with Crippen molar-refractivity contribution >= 4 is 5.71 Å². The van der Waals surface area contributed by atoms with Crippen molar-refractivity contribution in [2.75, 3.05) is 0 Å². The molecule has 0 saturated heterocycles. The Balaban J connectivity index is 2.60. The van der Waals surface area contributed by atoms with Crippen LogP contribution in [0.1, 0.15) is 31.3 Å². The zero-order chi connectivity index (χ0) is 14.0. The number of hydrogen-bond donors (Lipinski definition) is 1. The molecule has 1 aromatic carbocycles. The van der Waals surface area contributed by atoms with E-state index in [1.165, 1.54) is 0 Å². The van der Waals surface area contributed by atoms with E-state index in [-0.39, 0.29) is 6.04 Å². The van der Waals surface area contributed by atoms with Gasteiger partial charge in [0.1, 0.15) is 5.82 Å². The Morgan fingerprint density at radius 2 is 1.89 bits per heavy atom. The van der Waals surface area contributed by atoms with Gasteiger partial charge in [-0.2, -0.15) is 0 Å². The maximum atomic E-state index is 8.98. The van der Waals surface area contributed by atoms with Crippen LogP contribution in [0.3, 0.4) is 0 Å². The first-order valence-electron chi connectivity index (χ1n) is 6.35. The second-order valence-electron chi connectivity index (χ2n) is 4.76. The number of aryl methyl sites for hydroxylation is 1. The summed E-state index contributed by atoms with van der Waals surface area (Å²) < 4.78 is 2.11. The van der Waals surface area contributed by atoms with E-state index in [1.807, 2.05) is 58.0 Å². The fraction of sp³-hybridized carbons (Fsp3) is 0.333. The molecular weight excluding hydrogens is 238 g/mol. The van der Waals surface area contributed by atoms with Crippen LogP contribution < -0.4 is 0 Å². The highest BCUT2D eigenvalue weighted by Gasteiger charge is 2.19. The minimum Gasteiger partial charge on any atom is -0.411 e. The van der Waals surface area contributed by atoms with Gasteiger partial charge in [0, 0.05) is 11.3 Å². The van der Waals surface area contributed by atoms with E-state index in [9.17, 15) is 0 Å². The summed E-state index contributed by atoms with van der Waals surface area (Å²) in [4.78, 5) is 4.64. The normalized spacial score (nSPS) is 13.6. The first-order valence-corrected chi connectivity index (χ1v) is 6.35. The standard InChI is InChI=1S/C15H19N3O/c1-10-12(3)18(13(4)11(2)17-19)15(16-10)14-8-6-5-7-9-14/h5-9,13,19H,1-4H3/b17-11-. The highest BCUT2D eigenvalue weighted by molar-refractivity contribution is 5.85. The molecule has 0 aliphatic carbocycles. The zero-order valence-electron chi connectivity index (χ0n) is 11.8. The molecule has 2 rings (SSSR count). The van der Waals surface area contributed by atoms with Gasteiger partial charge < -0.3 is 9.77 Å². The van der Waals surface area contributed by atoms with E-state index in [2.05, 4.69) is 14.7 Å². The van der Waals surface area contributed by atoms with Crippen LogP contribution in [0, 0.1) is 13.8 Å². The molecule has 1 unspecified atom stereocenters. The molecule has 0 radical (unpaired) electrons. The maximum Gasteiger partial charge on any atom is 0.141 e. The van der Waals surface area contributed by atoms with Crippen LogP contribution in [-0.2, 0) is 0 Å². The Labute approximate surface area is 113 Å². The third kappa shape index (κ3) is 2.38. The van der Waals surface area contributed by atoms with Crippen molar-refractivity contribution in [1.82, 2.24) is 9.55 Å². The largest absolute Gasteiger partial charge is 0.411 e. The van der Waals surface area contributed by atoms with Crippen molar-refractivity contribution in [3.05, 3.63) is 41.7 Å². The summed E-state index contributed by atoms with van der Waals surface area (Å²) in [5, 5.41) is 12.3. The second-order valence-corrected chi connectivity index (χ2v) is 4.76. The third-order valence-electron chi connectivity index (χ3n) is 3.57. The maximum absolute atomic E-state index is 8.98. The molecule has 0 spiro atoms. The van der Waals surface area contributed by atoms with Gasteiger partial charge in [0.25, 0.3) is 0 Å². The summed E-state index contributed by atoms with van der Waals surface area (Å²) in [7, 11) is 0. The number of nitrogens with zero attached hydrogens (tertiary/aromatic N) is 3. The average Bonchev–Trinajstić information content (AvgIpc) is 2.74. The van der Waals surface area contributed by atoms with Gasteiger partial charge in [-0.3, -0.25) is 0 Å². The molecule has 0 amide bonds. The predicted octanol–water partition coefficient (Wildman–Crippen LogP) is 3.58. The van der Waals surface area contributed by atoms with Crippen molar-refractivity contribution in [3.8, 4) is 11.4 Å². The first-order chi connectivity index (χ1) is 9.06. The lowest BCUT2D eigenvalue weighted by molar-refractivity contribution is 0.315. The lowest BCUT2D eigenvalue weighted by Crippen LogP contribution is -2.16. The Morgan fingerprint density at radius 1 is 1.26 bits per heavy atom. The number of benzene rings is 1. The van der Waals surface area contributed by atoms with Gasteiger partial charge >= 0.3 is 0 Å². The lowest BCUT2D eigenvalue weighted by atomic mass is 10.1. The molecule has 0 aliphatic heterocycles. The van der Waals surface area contributed by atoms with E-state index >= 15 is 0 Å². The Kier molecular flexibility index (Phi) is 3.69. The van der Waals surface area contributed by atoms with Crippen molar-refractivity contribution in [2.24, 2.45) is 5.16 Å². The van der Waals surface area contributed by atoms with E-state index in [0.29, 0.717) is 5.71 Å². The van der Waals surface area contributed by atoms with Crippen molar-refractivity contribution in [2.45, 2.75) is 33.7 Å². The second kappa shape index (κ2) is 5.26. The molecule has 100 valence electrons. The minimum absolute atomic E-state index is 0.0265. The van der Waals surface area contributed by atoms with Crippen LogP contribution in [0.5, 0.6) is 0 Å². The summed E-state index contributed by atoms with van der Waals surface area (Å²) in [5.41, 5.74) is 3.82. The van der Waals surface area contributed by atoms with Gasteiger partial charge in [-0.05, 0) is 27.7 Å². The van der Waals surface area contributed by atoms with E-state index in [4.69, 9.17) is 5.21 Å². The average molecular weight is 257 g/mol. The molecule has 0 bridgehead atoms. The van der Waals surface area contributed by atoms with Crippen LogP contribution >= 0.6 is 0 Å². The molecule has 19 heavy (non-hydrogen) atoms. The molecule has 4 nitrogen and oxygen atoms in total. The topological polar surface area (TPSA) is 50.4 Å². The molecule has 1 atom stereocenters. The molecule has 1 aromatic heterocycles. The summed E-state index contributed by atoms with van der Waals surface area (Å²) in [5.74, 6) is 0.908. The van der Waals surface area contributed by atoms with Crippen LogP contribution in [-0.4, -0.2) is 20.5 Å². The van der Waals surface area contributed by atoms with Gasteiger partial charge in [-0.1, -0.05) is 35.5 Å². The highest BCUT2D eigenvalue weighted by atomic mass is 16.4. The van der Waals surface area contributed by atoms with Gasteiger partial charge in [0.05, 0.1) is 17.4 Å². The van der Waals surface area contributed by atoms with Gasteiger partial charge in [-0.15, -0.1) is 0 Å². The SMILES string of the molecule is C/C(=N/O)C(C)n1c(-c2ccccc2)nc(C)c1C. The Morgan fingerprint density at radius 3 is 2.47 bits per heavy atom. The molecule has 1 heterocycles. The summed E-state index contributed by atoms with van der Waals surface area (Å²) in [6.07, 6.45) is 0. The molecule has 2 aromatic rings. The molecule has 1 N–H and O–H groups in total. The number of aromatic nitrogens is 2. The quantitative estimate of drug-likeness (QED) is 0.519. The van der Waals surface area contributed by atoms with E-state index in [1.54, 1.807) is 0 Å². The lowest BCUT2D eigenvalue weighted by Gasteiger charge is -2.17. The highest BCUT2D eigenvalue weighted by Crippen LogP contribution is 2.26. The molecule has 0 fully saturated rings. The third-order valence-corrected chi connectivity index (χ3v) is 3.57. The Bertz CT molecular complexity index is 599. The predicted molar refractivity (Wildman–Crippen MR) is 76.7 cm³/mol. The molecule has 0 aliphatic rings. The Hall–Kier alpha value is -2.10. The smallest absolute Gasteiger partial charge is 0.141 e. The summed E-state index contributed by atoms with van der Waals surface area (Å²) in [6.45, 7) is 7.86. The van der Waals surface area contributed by atoms with Gasteiger partial charge in [-0.25, -0.2) is 4.98 Å². The number of imidazole rings is 1. The van der Waals surface area contributed by atoms with Gasteiger partial charge in [0.15, 0.2) is 0 Å². The van der Waals surface area contributed by atoms with E-state index < -0.39 is 0 Å². The van der Waals surface area contributed by atoms with Crippen LogP contribution in [0.4, 0.5) is 0 Å². The molecular formula is C15H19N3O. The fourth-order valence-electron chi connectivity index (χ4n) is 2.16. The van der Waals surface area contributed by atoms with Gasteiger partial charge in [0.2, 0.25) is 0 Å².